The van der Waals surface area contributed by atoms with Gasteiger partial charge in [-0.25, -0.2) is 4.39 Å². The minimum atomic E-state index is -0.283. The van der Waals surface area contributed by atoms with Crippen molar-refractivity contribution >= 4 is 41.8 Å². The van der Waals surface area contributed by atoms with Gasteiger partial charge in [0, 0.05) is 39.5 Å². The third-order valence-corrected chi connectivity index (χ3v) is 3.58. The Morgan fingerprint density at radius 1 is 1.25 bits per heavy atom. The number of carbonyl (C=O) groups is 2. The van der Waals surface area contributed by atoms with Gasteiger partial charge in [-0.2, -0.15) is 0 Å². The minimum Gasteiger partial charge on any atom is -0.355 e. The summed E-state index contributed by atoms with van der Waals surface area (Å²) < 4.78 is 13.1. The molecule has 0 radical (unpaired) electrons. The quantitative estimate of drug-likeness (QED) is 0.311. The number of rotatable bonds is 5. The van der Waals surface area contributed by atoms with Crippen molar-refractivity contribution < 1.29 is 14.0 Å². The third-order valence-electron chi connectivity index (χ3n) is 3.58. The summed E-state index contributed by atoms with van der Waals surface area (Å²) in [5, 5.41) is 6.10. The summed E-state index contributed by atoms with van der Waals surface area (Å²) in [6.45, 7) is 1.16. The third kappa shape index (κ3) is 6.06. The lowest BCUT2D eigenvalue weighted by Gasteiger charge is -2.25. The SMILES string of the molecule is CN=C(NCCN1C(=O)CCCC1=O)NCc1cccc(F)c1.I. The van der Waals surface area contributed by atoms with Gasteiger partial charge in [0.25, 0.3) is 0 Å². The van der Waals surface area contributed by atoms with Gasteiger partial charge in [-0.3, -0.25) is 19.5 Å². The molecule has 132 valence electrons. The summed E-state index contributed by atoms with van der Waals surface area (Å²) in [4.78, 5) is 28.7. The molecule has 0 aliphatic carbocycles. The van der Waals surface area contributed by atoms with Crippen LogP contribution < -0.4 is 10.6 Å². The Balaban J connectivity index is 0.00000288. The summed E-state index contributed by atoms with van der Waals surface area (Å²) in [6, 6.07) is 6.30. The number of carbonyl (C=O) groups excluding carboxylic acids is 2. The number of halogens is 2. The van der Waals surface area contributed by atoms with E-state index in [9.17, 15) is 14.0 Å². The highest BCUT2D eigenvalue weighted by atomic mass is 127. The minimum absolute atomic E-state index is 0. The van der Waals surface area contributed by atoms with Crippen molar-refractivity contribution in [2.75, 3.05) is 20.1 Å². The first-order valence-electron chi connectivity index (χ1n) is 7.62. The number of amides is 2. The van der Waals surface area contributed by atoms with Gasteiger partial charge in [-0.15, -0.1) is 24.0 Å². The van der Waals surface area contributed by atoms with Crippen LogP contribution in [0.3, 0.4) is 0 Å². The fourth-order valence-electron chi connectivity index (χ4n) is 2.39. The van der Waals surface area contributed by atoms with E-state index in [4.69, 9.17) is 0 Å². The van der Waals surface area contributed by atoms with Crippen LogP contribution in [0.15, 0.2) is 29.3 Å². The topological polar surface area (TPSA) is 73.8 Å². The van der Waals surface area contributed by atoms with Gasteiger partial charge in [0.1, 0.15) is 5.82 Å². The van der Waals surface area contributed by atoms with Crippen LogP contribution in [0.25, 0.3) is 0 Å². The number of benzene rings is 1. The molecule has 1 saturated heterocycles. The summed E-state index contributed by atoms with van der Waals surface area (Å²) in [5.74, 6) is 0.0112. The van der Waals surface area contributed by atoms with Crippen molar-refractivity contribution in [2.24, 2.45) is 4.99 Å². The van der Waals surface area contributed by atoms with Crippen LogP contribution in [0.2, 0.25) is 0 Å². The van der Waals surface area contributed by atoms with Crippen LogP contribution in [0, 0.1) is 5.82 Å². The Morgan fingerprint density at radius 3 is 2.58 bits per heavy atom. The summed E-state index contributed by atoms with van der Waals surface area (Å²) in [6.07, 6.45) is 1.50. The van der Waals surface area contributed by atoms with E-state index in [2.05, 4.69) is 15.6 Å². The van der Waals surface area contributed by atoms with Crippen LogP contribution in [-0.4, -0.2) is 42.8 Å². The molecule has 1 aromatic rings. The first kappa shape index (κ1) is 20.3. The van der Waals surface area contributed by atoms with Crippen LogP contribution in [0.4, 0.5) is 4.39 Å². The summed E-state index contributed by atoms with van der Waals surface area (Å²) >= 11 is 0. The van der Waals surface area contributed by atoms with Gasteiger partial charge in [0.15, 0.2) is 5.96 Å². The Morgan fingerprint density at radius 2 is 1.96 bits per heavy atom. The number of hydrogen-bond acceptors (Lipinski definition) is 3. The molecule has 2 rings (SSSR count). The number of hydrogen-bond donors (Lipinski definition) is 2. The maximum absolute atomic E-state index is 13.1. The van der Waals surface area contributed by atoms with Gasteiger partial charge >= 0.3 is 0 Å². The number of imide groups is 1. The van der Waals surface area contributed by atoms with Gasteiger partial charge in [-0.05, 0) is 24.1 Å². The maximum atomic E-state index is 13.1. The lowest BCUT2D eigenvalue weighted by atomic mass is 10.1. The molecule has 1 fully saturated rings. The highest BCUT2D eigenvalue weighted by molar-refractivity contribution is 14.0. The fraction of sp³-hybridized carbons (Fsp3) is 0.438. The van der Waals surface area contributed by atoms with E-state index in [0.29, 0.717) is 44.9 Å². The second kappa shape index (κ2) is 10.2. The number of nitrogens with one attached hydrogen (secondary N) is 2. The molecule has 0 saturated carbocycles. The normalized spacial score (nSPS) is 15.1. The van der Waals surface area contributed by atoms with Crippen LogP contribution in [0.5, 0.6) is 0 Å². The molecule has 1 aliphatic rings. The van der Waals surface area contributed by atoms with Crippen molar-refractivity contribution in [3.63, 3.8) is 0 Å². The molecular weight excluding hydrogens is 426 g/mol. The molecule has 0 unspecified atom stereocenters. The summed E-state index contributed by atoms with van der Waals surface area (Å²) in [7, 11) is 1.62. The highest BCUT2D eigenvalue weighted by Crippen LogP contribution is 2.11. The molecule has 1 heterocycles. The van der Waals surface area contributed by atoms with Gasteiger partial charge < -0.3 is 10.6 Å². The van der Waals surface area contributed by atoms with Gasteiger partial charge in [0.2, 0.25) is 11.8 Å². The van der Waals surface area contributed by atoms with Crippen molar-refractivity contribution in [2.45, 2.75) is 25.8 Å². The van der Waals surface area contributed by atoms with E-state index < -0.39 is 0 Å². The largest absolute Gasteiger partial charge is 0.355 e. The number of piperidine rings is 1. The fourth-order valence-corrected chi connectivity index (χ4v) is 2.39. The van der Waals surface area contributed by atoms with Gasteiger partial charge in [0.05, 0.1) is 0 Å². The number of nitrogens with zero attached hydrogens (tertiary/aromatic N) is 2. The van der Waals surface area contributed by atoms with Gasteiger partial charge in [-0.1, -0.05) is 12.1 Å². The van der Waals surface area contributed by atoms with Crippen molar-refractivity contribution in [3.05, 3.63) is 35.6 Å². The van der Waals surface area contributed by atoms with E-state index in [-0.39, 0.29) is 41.6 Å². The number of likely N-dealkylation sites (tertiary alicyclic amines) is 1. The second-order valence-corrected chi connectivity index (χ2v) is 5.28. The number of aliphatic imine (C=N–C) groups is 1. The van der Waals surface area contributed by atoms with E-state index >= 15 is 0 Å². The molecule has 6 nitrogen and oxygen atoms in total. The monoisotopic (exact) mass is 448 g/mol. The molecule has 2 amide bonds. The Bertz CT molecular complexity index is 593. The van der Waals surface area contributed by atoms with Crippen molar-refractivity contribution in [3.8, 4) is 0 Å². The molecule has 0 aromatic heterocycles. The standard InChI is InChI=1S/C16H21FN4O2.HI/c1-18-16(20-11-12-4-2-5-13(17)10-12)19-8-9-21-14(22)6-3-7-15(21)23;/h2,4-5,10H,3,6-9,11H2,1H3,(H2,18,19,20);1H. The Kier molecular flexibility index (Phi) is 8.66. The molecule has 1 aliphatic heterocycles. The molecular formula is C16H22FIN4O2. The lowest BCUT2D eigenvalue weighted by Crippen LogP contribution is -2.46. The maximum Gasteiger partial charge on any atom is 0.229 e. The van der Waals surface area contributed by atoms with E-state index in [1.54, 1.807) is 13.1 Å². The van der Waals surface area contributed by atoms with Crippen LogP contribution in [0.1, 0.15) is 24.8 Å². The Labute approximate surface area is 157 Å². The van der Waals surface area contributed by atoms with E-state index in [1.165, 1.54) is 17.0 Å². The molecule has 8 heteroatoms. The zero-order valence-electron chi connectivity index (χ0n) is 13.5. The molecule has 0 atom stereocenters. The molecule has 24 heavy (non-hydrogen) atoms. The lowest BCUT2D eigenvalue weighted by molar-refractivity contribution is -0.147. The van der Waals surface area contributed by atoms with Crippen LogP contribution >= 0.6 is 24.0 Å². The van der Waals surface area contributed by atoms with Crippen molar-refractivity contribution in [1.29, 1.82) is 0 Å². The van der Waals surface area contributed by atoms with Crippen molar-refractivity contribution in [1.82, 2.24) is 15.5 Å². The predicted octanol–water partition coefficient (Wildman–Crippen LogP) is 1.65. The predicted molar refractivity (Wildman–Crippen MR) is 101 cm³/mol. The average Bonchev–Trinajstić information content (AvgIpc) is 2.53. The molecule has 1 aromatic carbocycles. The molecule has 2 N–H and O–H groups in total. The van der Waals surface area contributed by atoms with E-state index in [1.807, 2.05) is 6.07 Å². The first-order valence-corrected chi connectivity index (χ1v) is 7.62. The summed E-state index contributed by atoms with van der Waals surface area (Å²) in [5.41, 5.74) is 0.800. The molecule has 0 bridgehead atoms. The van der Waals surface area contributed by atoms with E-state index in [0.717, 1.165) is 5.56 Å². The smallest absolute Gasteiger partial charge is 0.229 e. The molecule has 0 spiro atoms. The zero-order chi connectivity index (χ0) is 16.7. The highest BCUT2D eigenvalue weighted by Gasteiger charge is 2.25. The number of guanidine groups is 1. The average molecular weight is 448 g/mol. The van der Waals surface area contributed by atoms with Crippen LogP contribution in [-0.2, 0) is 16.1 Å². The Hall–Kier alpha value is -1.71. The second-order valence-electron chi connectivity index (χ2n) is 5.28. The first-order chi connectivity index (χ1) is 11.1. The zero-order valence-corrected chi connectivity index (χ0v) is 15.9.